The summed E-state index contributed by atoms with van der Waals surface area (Å²) >= 11 is 0. The summed E-state index contributed by atoms with van der Waals surface area (Å²) in [5.74, 6) is 1.54. The first-order valence-corrected chi connectivity index (χ1v) is 13.2. The minimum absolute atomic E-state index is 0.0237. The summed E-state index contributed by atoms with van der Waals surface area (Å²) in [7, 11) is 3.50. The van der Waals surface area contributed by atoms with Gasteiger partial charge in [0.05, 0.1) is 12.7 Å². The second-order valence-electron chi connectivity index (χ2n) is 11.1. The molecule has 1 aromatic carbocycles. The number of ether oxygens (including phenoxy) is 1. The van der Waals surface area contributed by atoms with E-state index in [0.717, 1.165) is 18.5 Å². The zero-order chi connectivity index (χ0) is 28.9. The lowest BCUT2D eigenvalue weighted by molar-refractivity contribution is -0.129. The molecule has 0 spiro atoms. The van der Waals surface area contributed by atoms with E-state index >= 15 is 0 Å². The van der Waals surface area contributed by atoms with Crippen LogP contribution in [0, 0.1) is 0 Å². The van der Waals surface area contributed by atoms with Crippen molar-refractivity contribution >= 4 is 29.2 Å². The molecular weight excluding hydrogens is 512 g/mol. The maximum absolute atomic E-state index is 12.8. The van der Waals surface area contributed by atoms with Crippen molar-refractivity contribution in [2.75, 3.05) is 44.4 Å². The number of hydrogen-bond donors (Lipinski definition) is 2. The van der Waals surface area contributed by atoms with Crippen molar-refractivity contribution in [3.63, 3.8) is 0 Å². The lowest BCUT2D eigenvalue weighted by atomic mass is 9.93. The summed E-state index contributed by atoms with van der Waals surface area (Å²) in [6.07, 6.45) is 2.54. The number of rotatable bonds is 9. The molecule has 3 aromatic rings. The van der Waals surface area contributed by atoms with E-state index in [9.17, 15) is 14.4 Å². The summed E-state index contributed by atoms with van der Waals surface area (Å²) in [5, 5.41) is 9.26. The number of Topliss-reactive ketones (excluding diaryl/α,β-unsaturated/α-hetero) is 1. The van der Waals surface area contributed by atoms with E-state index in [1.54, 1.807) is 67.7 Å². The Hall–Kier alpha value is -4.25. The summed E-state index contributed by atoms with van der Waals surface area (Å²) in [4.78, 5) is 45.0. The van der Waals surface area contributed by atoms with Crippen molar-refractivity contribution in [2.45, 2.75) is 45.1 Å². The first kappa shape index (κ1) is 28.8. The normalized spacial score (nSPS) is 15.5. The van der Waals surface area contributed by atoms with Gasteiger partial charge >= 0.3 is 6.03 Å². The van der Waals surface area contributed by atoms with Crippen LogP contribution in [0.25, 0.3) is 0 Å². The van der Waals surface area contributed by atoms with Gasteiger partial charge < -0.3 is 19.5 Å². The Kier molecular flexibility index (Phi) is 8.83. The monoisotopic (exact) mass is 548 g/mol. The van der Waals surface area contributed by atoms with Crippen LogP contribution in [0.3, 0.4) is 0 Å². The molecule has 1 atom stereocenters. The van der Waals surface area contributed by atoms with Gasteiger partial charge in [-0.15, -0.1) is 0 Å². The van der Waals surface area contributed by atoms with Gasteiger partial charge in [0.25, 0.3) is 0 Å². The highest BCUT2D eigenvalue weighted by atomic mass is 16.5. The number of carbonyl (C=O) groups excluding carboxylic acids is 3. The summed E-state index contributed by atoms with van der Waals surface area (Å²) in [6.45, 7) is 7.83. The van der Waals surface area contributed by atoms with Crippen molar-refractivity contribution in [1.29, 1.82) is 0 Å². The number of likely N-dealkylation sites (N-methyl/N-ethyl adjacent to an activating group) is 1. The van der Waals surface area contributed by atoms with Crippen molar-refractivity contribution in [2.24, 2.45) is 0 Å². The molecule has 40 heavy (non-hydrogen) atoms. The van der Waals surface area contributed by atoms with E-state index < -0.39 is 6.03 Å². The van der Waals surface area contributed by atoms with Crippen molar-refractivity contribution in [1.82, 2.24) is 19.9 Å². The Morgan fingerprint density at radius 1 is 1.10 bits per heavy atom. The van der Waals surface area contributed by atoms with E-state index in [4.69, 9.17) is 9.26 Å². The number of urea groups is 1. The molecule has 212 valence electrons. The maximum Gasteiger partial charge on any atom is 0.324 e. The quantitative estimate of drug-likeness (QED) is 0.384. The van der Waals surface area contributed by atoms with Gasteiger partial charge in [-0.2, -0.15) is 0 Å². The molecule has 4 rings (SSSR count). The van der Waals surface area contributed by atoms with E-state index in [2.05, 4.69) is 25.7 Å². The van der Waals surface area contributed by atoms with Crippen LogP contribution in [0.2, 0.25) is 0 Å². The van der Waals surface area contributed by atoms with Gasteiger partial charge in [0.15, 0.2) is 11.6 Å². The zero-order valence-electron chi connectivity index (χ0n) is 23.6. The number of amides is 3. The fourth-order valence-corrected chi connectivity index (χ4v) is 4.13. The lowest BCUT2D eigenvalue weighted by Crippen LogP contribution is -2.36. The Morgan fingerprint density at radius 3 is 2.48 bits per heavy atom. The molecule has 0 bridgehead atoms. The van der Waals surface area contributed by atoms with Gasteiger partial charge in [0.1, 0.15) is 23.3 Å². The third kappa shape index (κ3) is 7.89. The number of anilines is 2. The maximum atomic E-state index is 12.8. The fourth-order valence-electron chi connectivity index (χ4n) is 4.13. The number of ketones is 1. The van der Waals surface area contributed by atoms with Gasteiger partial charge in [0, 0.05) is 50.8 Å². The molecule has 2 aromatic heterocycles. The van der Waals surface area contributed by atoms with Crippen LogP contribution in [0.5, 0.6) is 5.75 Å². The largest absolute Gasteiger partial charge is 0.487 e. The first-order valence-electron chi connectivity index (χ1n) is 13.2. The number of pyridine rings is 1. The molecule has 11 heteroatoms. The standard InChI is InChI=1S/C29H36N6O5/c1-29(2,3)25-15-26(33-40-25)32-28(38)31-20-8-6-19(7-9-20)14-24(36)23-11-10-21(16-30-23)39-22-12-13-35(17-22)18-27(37)34(4)5/h6-11,15-16,22H,12-14,17-18H2,1-5H3,(H2,31,32,33,38). The molecule has 0 radical (unpaired) electrons. The van der Waals surface area contributed by atoms with E-state index in [0.29, 0.717) is 41.8 Å². The van der Waals surface area contributed by atoms with Crippen molar-refractivity contribution < 1.29 is 23.6 Å². The summed E-state index contributed by atoms with van der Waals surface area (Å²) in [6, 6.07) is 11.7. The van der Waals surface area contributed by atoms with Crippen LogP contribution in [-0.2, 0) is 16.6 Å². The van der Waals surface area contributed by atoms with E-state index in [-0.39, 0.29) is 29.6 Å². The predicted octanol–water partition coefficient (Wildman–Crippen LogP) is 3.98. The summed E-state index contributed by atoms with van der Waals surface area (Å²) < 4.78 is 11.3. The molecule has 3 heterocycles. The second kappa shape index (κ2) is 12.3. The number of nitrogens with one attached hydrogen (secondary N) is 2. The Balaban J connectivity index is 1.23. The van der Waals surface area contributed by atoms with Gasteiger partial charge in [-0.1, -0.05) is 38.1 Å². The summed E-state index contributed by atoms with van der Waals surface area (Å²) in [5.41, 5.74) is 1.50. The van der Waals surface area contributed by atoms with Crippen LogP contribution in [0.15, 0.2) is 53.2 Å². The number of likely N-dealkylation sites (tertiary alicyclic amines) is 1. The van der Waals surface area contributed by atoms with E-state index in [1.807, 2.05) is 20.8 Å². The minimum Gasteiger partial charge on any atom is -0.487 e. The topological polar surface area (TPSA) is 130 Å². The van der Waals surface area contributed by atoms with E-state index in [1.165, 1.54) is 0 Å². The van der Waals surface area contributed by atoms with Crippen LogP contribution in [0.1, 0.15) is 49.0 Å². The van der Waals surface area contributed by atoms with Crippen molar-refractivity contribution in [3.8, 4) is 5.75 Å². The molecule has 0 aliphatic carbocycles. The smallest absolute Gasteiger partial charge is 0.324 e. The number of aromatic nitrogens is 2. The number of carbonyl (C=O) groups is 3. The molecule has 1 aliphatic rings. The Labute approximate surface area is 233 Å². The van der Waals surface area contributed by atoms with Gasteiger partial charge in [-0.05, 0) is 36.2 Å². The average Bonchev–Trinajstić information content (AvgIpc) is 3.55. The van der Waals surface area contributed by atoms with Crippen LogP contribution in [-0.4, -0.2) is 77.5 Å². The molecule has 1 fully saturated rings. The molecule has 1 aliphatic heterocycles. The van der Waals surface area contributed by atoms with Crippen LogP contribution in [0.4, 0.5) is 16.3 Å². The minimum atomic E-state index is -0.448. The highest BCUT2D eigenvalue weighted by Crippen LogP contribution is 2.24. The Bertz CT molecular complexity index is 1330. The molecule has 11 nitrogen and oxygen atoms in total. The molecular formula is C29H36N6O5. The van der Waals surface area contributed by atoms with Gasteiger partial charge in [-0.3, -0.25) is 19.8 Å². The zero-order valence-corrected chi connectivity index (χ0v) is 23.6. The first-order chi connectivity index (χ1) is 19.0. The molecule has 2 N–H and O–H groups in total. The predicted molar refractivity (Wildman–Crippen MR) is 151 cm³/mol. The lowest BCUT2D eigenvalue weighted by Gasteiger charge is -2.18. The van der Waals surface area contributed by atoms with Gasteiger partial charge in [-0.25, -0.2) is 9.78 Å². The number of nitrogens with zero attached hydrogens (tertiary/aromatic N) is 4. The third-order valence-corrected chi connectivity index (χ3v) is 6.48. The highest BCUT2D eigenvalue weighted by Gasteiger charge is 2.26. The van der Waals surface area contributed by atoms with Gasteiger partial charge in [0.2, 0.25) is 5.91 Å². The number of benzene rings is 1. The second-order valence-corrected chi connectivity index (χ2v) is 11.1. The van der Waals surface area contributed by atoms with Crippen LogP contribution < -0.4 is 15.4 Å². The average molecular weight is 549 g/mol. The molecule has 1 unspecified atom stereocenters. The molecule has 3 amide bonds. The highest BCUT2D eigenvalue weighted by molar-refractivity contribution is 5.99. The number of hydrogen-bond acceptors (Lipinski definition) is 8. The molecule has 0 saturated carbocycles. The SMILES string of the molecule is CN(C)C(=O)CN1CCC(Oc2ccc(C(=O)Cc3ccc(NC(=O)Nc4cc(C(C)(C)C)on4)cc3)nc2)C1. The van der Waals surface area contributed by atoms with Crippen molar-refractivity contribution in [3.05, 3.63) is 65.7 Å². The fraction of sp³-hybridized carbons (Fsp3) is 0.414. The third-order valence-electron chi connectivity index (χ3n) is 6.48. The molecule has 1 saturated heterocycles. The Morgan fingerprint density at radius 2 is 1.85 bits per heavy atom. The van der Waals surface area contributed by atoms with Crippen LogP contribution >= 0.6 is 0 Å².